The van der Waals surface area contributed by atoms with Gasteiger partial charge in [0, 0.05) is 37.0 Å². The Hall–Kier alpha value is -1.88. The molecular formula is C18H25N3O2. The minimum atomic E-state index is -0.382. The summed E-state index contributed by atoms with van der Waals surface area (Å²) in [5.74, 6) is 0.248. The fourth-order valence-corrected chi connectivity index (χ4v) is 3.15. The van der Waals surface area contributed by atoms with Gasteiger partial charge in [0.2, 0.25) is 0 Å². The van der Waals surface area contributed by atoms with Crippen LogP contribution in [-0.4, -0.2) is 41.9 Å². The molecule has 1 aromatic rings. The Labute approximate surface area is 137 Å². The van der Waals surface area contributed by atoms with Gasteiger partial charge in [-0.2, -0.15) is 0 Å². The van der Waals surface area contributed by atoms with Crippen LogP contribution in [0.5, 0.6) is 0 Å². The van der Waals surface area contributed by atoms with Gasteiger partial charge in [0.05, 0.1) is 12.1 Å². The van der Waals surface area contributed by atoms with Crippen LogP contribution in [0.3, 0.4) is 0 Å². The van der Waals surface area contributed by atoms with Gasteiger partial charge in [0.25, 0.3) is 5.91 Å². The quantitative estimate of drug-likeness (QED) is 0.879. The zero-order chi connectivity index (χ0) is 16.7. The van der Waals surface area contributed by atoms with Gasteiger partial charge in [0.15, 0.2) is 5.78 Å². The van der Waals surface area contributed by atoms with Crippen molar-refractivity contribution in [2.75, 3.05) is 25.0 Å². The number of nitrogens with one attached hydrogen (secondary N) is 2. The number of anilines is 1. The number of piperidine rings is 1. The molecule has 2 N–H and O–H groups in total. The number of nitrogens with zero attached hydrogens (tertiary/aromatic N) is 1. The number of para-hydroxylation sites is 1. The van der Waals surface area contributed by atoms with Gasteiger partial charge in [-0.15, -0.1) is 0 Å². The molecule has 0 aromatic heterocycles. The lowest BCUT2D eigenvalue weighted by molar-refractivity contribution is -0.127. The maximum Gasteiger partial charge on any atom is 0.255 e. The summed E-state index contributed by atoms with van der Waals surface area (Å²) in [5, 5.41) is 6.63. The number of benzene rings is 1. The molecule has 1 aromatic carbocycles. The number of rotatable bonds is 2. The van der Waals surface area contributed by atoms with Crippen molar-refractivity contribution in [2.24, 2.45) is 5.41 Å². The van der Waals surface area contributed by atoms with Crippen LogP contribution in [0.4, 0.5) is 5.69 Å². The zero-order valence-corrected chi connectivity index (χ0v) is 14.1. The van der Waals surface area contributed by atoms with E-state index in [4.69, 9.17) is 0 Å². The molecule has 0 bridgehead atoms. The standard InChI is InChI=1S/C18H25N3O2/c1-17(2,3)15(22)12-21-10-8-18(9-11-21)19-14-7-5-4-6-13(14)16(23)20-18/h4-7,19H,8-12H2,1-3H3,(H,20,23). The van der Waals surface area contributed by atoms with Crippen LogP contribution >= 0.6 is 0 Å². The summed E-state index contributed by atoms with van der Waals surface area (Å²) < 4.78 is 0. The maximum atomic E-state index is 12.3. The van der Waals surface area contributed by atoms with E-state index in [-0.39, 0.29) is 22.8 Å². The first-order valence-corrected chi connectivity index (χ1v) is 8.24. The highest BCUT2D eigenvalue weighted by atomic mass is 16.2. The average Bonchev–Trinajstić information content (AvgIpc) is 2.49. The fourth-order valence-electron chi connectivity index (χ4n) is 3.15. The molecule has 5 nitrogen and oxygen atoms in total. The predicted octanol–water partition coefficient (Wildman–Crippen LogP) is 2.25. The molecule has 0 aliphatic carbocycles. The van der Waals surface area contributed by atoms with Gasteiger partial charge in [0.1, 0.15) is 5.66 Å². The smallest absolute Gasteiger partial charge is 0.255 e. The van der Waals surface area contributed by atoms with Crippen LogP contribution in [0.15, 0.2) is 24.3 Å². The summed E-state index contributed by atoms with van der Waals surface area (Å²) in [6.45, 7) is 7.97. The van der Waals surface area contributed by atoms with Crippen LogP contribution in [0, 0.1) is 5.41 Å². The second-order valence-corrected chi connectivity index (χ2v) is 7.66. The van der Waals surface area contributed by atoms with Crippen molar-refractivity contribution >= 4 is 17.4 Å². The number of amides is 1. The molecule has 1 amide bonds. The molecule has 3 rings (SSSR count). The van der Waals surface area contributed by atoms with Crippen molar-refractivity contribution in [2.45, 2.75) is 39.3 Å². The van der Waals surface area contributed by atoms with Crippen LogP contribution in [0.1, 0.15) is 44.0 Å². The van der Waals surface area contributed by atoms with Gasteiger partial charge in [-0.05, 0) is 12.1 Å². The maximum absolute atomic E-state index is 12.3. The van der Waals surface area contributed by atoms with Crippen molar-refractivity contribution in [1.82, 2.24) is 10.2 Å². The van der Waals surface area contributed by atoms with Crippen molar-refractivity contribution < 1.29 is 9.59 Å². The summed E-state index contributed by atoms with van der Waals surface area (Å²) in [6, 6.07) is 7.60. The van der Waals surface area contributed by atoms with E-state index in [1.165, 1.54) is 0 Å². The Morgan fingerprint density at radius 3 is 2.48 bits per heavy atom. The first kappa shape index (κ1) is 16.0. The monoisotopic (exact) mass is 315 g/mol. The van der Waals surface area contributed by atoms with Crippen molar-refractivity contribution in [3.63, 3.8) is 0 Å². The summed E-state index contributed by atoms with van der Waals surface area (Å²) >= 11 is 0. The molecule has 0 saturated carbocycles. The number of ketones is 1. The summed E-state index contributed by atoms with van der Waals surface area (Å²) in [4.78, 5) is 26.7. The van der Waals surface area contributed by atoms with E-state index in [2.05, 4.69) is 15.5 Å². The molecule has 23 heavy (non-hydrogen) atoms. The SMILES string of the molecule is CC(C)(C)C(=O)CN1CCC2(CC1)NC(=O)c1ccccc1N2. The Bertz CT molecular complexity index is 625. The molecule has 124 valence electrons. The highest BCUT2D eigenvalue weighted by Gasteiger charge is 2.40. The molecule has 2 aliphatic rings. The molecule has 5 heteroatoms. The molecule has 0 unspecified atom stereocenters. The van der Waals surface area contributed by atoms with Crippen molar-refractivity contribution in [3.8, 4) is 0 Å². The lowest BCUT2D eigenvalue weighted by atomic mass is 9.88. The van der Waals surface area contributed by atoms with Crippen LogP contribution in [-0.2, 0) is 4.79 Å². The number of fused-ring (bicyclic) bond motifs is 1. The number of Topliss-reactive ketones (excluding diaryl/α,β-unsaturated/α-hetero) is 1. The zero-order valence-electron chi connectivity index (χ0n) is 14.1. The van der Waals surface area contributed by atoms with Crippen LogP contribution < -0.4 is 10.6 Å². The lowest BCUT2D eigenvalue weighted by Gasteiger charge is -2.46. The first-order chi connectivity index (χ1) is 10.8. The number of likely N-dealkylation sites (tertiary alicyclic amines) is 1. The Morgan fingerprint density at radius 2 is 1.83 bits per heavy atom. The van der Waals surface area contributed by atoms with E-state index in [1.807, 2.05) is 45.0 Å². The lowest BCUT2D eigenvalue weighted by Crippen LogP contribution is -2.62. The van der Waals surface area contributed by atoms with Gasteiger partial charge >= 0.3 is 0 Å². The van der Waals surface area contributed by atoms with E-state index in [1.54, 1.807) is 0 Å². The molecule has 1 spiro atoms. The third-order valence-corrected chi connectivity index (χ3v) is 4.81. The van der Waals surface area contributed by atoms with Crippen molar-refractivity contribution in [3.05, 3.63) is 29.8 Å². The third kappa shape index (κ3) is 3.24. The van der Waals surface area contributed by atoms with Crippen LogP contribution in [0.2, 0.25) is 0 Å². The summed E-state index contributed by atoms with van der Waals surface area (Å²) in [6.07, 6.45) is 1.59. The average molecular weight is 315 g/mol. The van der Waals surface area contributed by atoms with E-state index in [0.717, 1.165) is 31.6 Å². The number of hydrogen-bond acceptors (Lipinski definition) is 4. The third-order valence-electron chi connectivity index (χ3n) is 4.81. The topological polar surface area (TPSA) is 61.4 Å². The van der Waals surface area contributed by atoms with Gasteiger partial charge in [-0.1, -0.05) is 32.9 Å². The van der Waals surface area contributed by atoms with Gasteiger partial charge in [-0.25, -0.2) is 0 Å². The number of hydrogen-bond donors (Lipinski definition) is 2. The highest BCUT2D eigenvalue weighted by Crippen LogP contribution is 2.31. The van der Waals surface area contributed by atoms with E-state index in [0.29, 0.717) is 12.1 Å². The van der Waals surface area contributed by atoms with E-state index < -0.39 is 0 Å². The highest BCUT2D eigenvalue weighted by molar-refractivity contribution is 6.02. The Kier molecular flexibility index (Phi) is 3.92. The van der Waals surface area contributed by atoms with Gasteiger partial charge < -0.3 is 10.6 Å². The molecule has 0 atom stereocenters. The normalized spacial score (nSPS) is 20.6. The predicted molar refractivity (Wildman–Crippen MR) is 90.4 cm³/mol. The molecule has 2 aliphatic heterocycles. The van der Waals surface area contributed by atoms with Crippen LogP contribution in [0.25, 0.3) is 0 Å². The Morgan fingerprint density at radius 1 is 1.17 bits per heavy atom. The largest absolute Gasteiger partial charge is 0.362 e. The molecular weight excluding hydrogens is 290 g/mol. The number of carbonyl (C=O) groups excluding carboxylic acids is 2. The molecule has 1 fully saturated rings. The van der Waals surface area contributed by atoms with E-state index in [9.17, 15) is 9.59 Å². The first-order valence-electron chi connectivity index (χ1n) is 8.24. The molecule has 1 saturated heterocycles. The van der Waals surface area contributed by atoms with Gasteiger partial charge in [-0.3, -0.25) is 14.5 Å². The minimum Gasteiger partial charge on any atom is -0.362 e. The second-order valence-electron chi connectivity index (χ2n) is 7.66. The summed E-state index contributed by atoms with van der Waals surface area (Å²) in [5.41, 5.74) is 0.914. The fraction of sp³-hybridized carbons (Fsp3) is 0.556. The Balaban J connectivity index is 1.65. The molecule has 0 radical (unpaired) electrons. The van der Waals surface area contributed by atoms with Crippen molar-refractivity contribution in [1.29, 1.82) is 0 Å². The number of carbonyl (C=O) groups is 2. The second kappa shape index (κ2) is 5.64. The minimum absolute atomic E-state index is 0.0152. The molecule has 2 heterocycles. The van der Waals surface area contributed by atoms with E-state index >= 15 is 0 Å². The summed E-state index contributed by atoms with van der Waals surface area (Å²) in [7, 11) is 0.